The predicted molar refractivity (Wildman–Crippen MR) is 95.7 cm³/mol. The minimum Gasteiger partial charge on any atom is -0.344 e. The summed E-state index contributed by atoms with van der Waals surface area (Å²) in [5.74, 6) is 0.878. The van der Waals surface area contributed by atoms with Crippen LogP contribution in [0.4, 0.5) is 0 Å². The van der Waals surface area contributed by atoms with Crippen LogP contribution in [-0.4, -0.2) is 15.5 Å². The molecule has 0 saturated carbocycles. The zero-order valence-corrected chi connectivity index (χ0v) is 14.2. The number of hydrogen-bond donors (Lipinski definition) is 1. The first kappa shape index (κ1) is 15.1. The molecule has 1 aromatic carbocycles. The zero-order chi connectivity index (χ0) is 16.4. The zero-order valence-electron chi connectivity index (χ0n) is 13.4. The van der Waals surface area contributed by atoms with E-state index < -0.39 is 0 Å². The number of imidazole rings is 1. The molecule has 0 atom stereocenters. The summed E-state index contributed by atoms with van der Waals surface area (Å²) in [6.45, 7) is 0.443. The first-order chi connectivity index (χ1) is 11.8. The molecule has 0 radical (unpaired) electrons. The monoisotopic (exact) mass is 337 g/mol. The van der Waals surface area contributed by atoms with E-state index in [4.69, 9.17) is 4.98 Å². The molecule has 2 aromatic heterocycles. The highest BCUT2D eigenvalue weighted by atomic mass is 32.1. The molecule has 4 nitrogen and oxygen atoms in total. The fourth-order valence-corrected chi connectivity index (χ4v) is 3.89. The largest absolute Gasteiger partial charge is 0.344 e. The van der Waals surface area contributed by atoms with E-state index in [1.54, 1.807) is 0 Å². The summed E-state index contributed by atoms with van der Waals surface area (Å²) >= 11 is 1.45. The summed E-state index contributed by atoms with van der Waals surface area (Å²) in [4.78, 5) is 17.8. The molecule has 1 N–H and O–H groups in total. The van der Waals surface area contributed by atoms with Crippen molar-refractivity contribution in [3.05, 3.63) is 69.9 Å². The summed E-state index contributed by atoms with van der Waals surface area (Å²) < 4.78 is 2.23. The van der Waals surface area contributed by atoms with Gasteiger partial charge in [-0.1, -0.05) is 24.3 Å². The van der Waals surface area contributed by atoms with Gasteiger partial charge in [0.1, 0.15) is 5.82 Å². The van der Waals surface area contributed by atoms with Crippen molar-refractivity contribution in [1.82, 2.24) is 14.9 Å². The molecule has 0 fully saturated rings. The lowest BCUT2D eigenvalue weighted by molar-refractivity contribution is 0.0953. The molecule has 2 heterocycles. The SMILES string of the molecule is O=C(NCc1nc2c(n1-c1ccccc1)CCCC2)c1cccs1. The fraction of sp³-hybridized carbons (Fsp3) is 0.263. The van der Waals surface area contributed by atoms with E-state index in [1.807, 2.05) is 35.7 Å². The van der Waals surface area contributed by atoms with E-state index in [0.717, 1.165) is 29.2 Å². The number of carbonyl (C=O) groups excluding carboxylic acids is 1. The number of aryl methyl sites for hydroxylation is 1. The number of nitrogens with one attached hydrogen (secondary N) is 1. The molecule has 0 saturated heterocycles. The number of nitrogens with zero attached hydrogens (tertiary/aromatic N) is 2. The summed E-state index contributed by atoms with van der Waals surface area (Å²) in [5.41, 5.74) is 3.60. The number of rotatable bonds is 4. The number of thiophene rings is 1. The van der Waals surface area contributed by atoms with Crippen LogP contribution in [0.25, 0.3) is 5.69 Å². The van der Waals surface area contributed by atoms with Crippen molar-refractivity contribution in [3.63, 3.8) is 0 Å². The summed E-state index contributed by atoms with van der Waals surface area (Å²) in [6, 6.07) is 14.0. The Morgan fingerprint density at radius 3 is 2.75 bits per heavy atom. The lowest BCUT2D eigenvalue weighted by Crippen LogP contribution is -2.24. The molecule has 0 spiro atoms. The van der Waals surface area contributed by atoms with Crippen LogP contribution in [0.5, 0.6) is 0 Å². The Kier molecular flexibility index (Phi) is 4.17. The van der Waals surface area contributed by atoms with Gasteiger partial charge >= 0.3 is 0 Å². The van der Waals surface area contributed by atoms with Crippen LogP contribution in [0.2, 0.25) is 0 Å². The second kappa shape index (κ2) is 6.61. The molecule has 0 unspecified atom stereocenters. The van der Waals surface area contributed by atoms with Gasteiger partial charge in [0.25, 0.3) is 5.91 Å². The van der Waals surface area contributed by atoms with Crippen molar-refractivity contribution in [3.8, 4) is 5.69 Å². The molecule has 122 valence electrons. The highest BCUT2D eigenvalue weighted by Gasteiger charge is 2.21. The molecule has 3 aromatic rings. The number of carbonyl (C=O) groups is 1. The Morgan fingerprint density at radius 2 is 1.96 bits per heavy atom. The van der Waals surface area contributed by atoms with Gasteiger partial charge in [-0.25, -0.2) is 4.98 Å². The average Bonchev–Trinajstić information content (AvgIpc) is 3.28. The van der Waals surface area contributed by atoms with Crippen molar-refractivity contribution in [1.29, 1.82) is 0 Å². The van der Waals surface area contributed by atoms with Gasteiger partial charge in [0.2, 0.25) is 0 Å². The predicted octanol–water partition coefficient (Wildman–Crippen LogP) is 3.74. The smallest absolute Gasteiger partial charge is 0.261 e. The summed E-state index contributed by atoms with van der Waals surface area (Å²) in [5, 5.41) is 4.92. The molecular weight excluding hydrogens is 318 g/mol. The molecular formula is C19H19N3OS. The third kappa shape index (κ3) is 2.87. The summed E-state index contributed by atoms with van der Waals surface area (Å²) in [7, 11) is 0. The number of amides is 1. The van der Waals surface area contributed by atoms with Crippen LogP contribution < -0.4 is 5.32 Å². The molecule has 1 aliphatic rings. The standard InChI is InChI=1S/C19H19N3OS/c23-19(17-11-6-12-24-17)20-13-18-21-15-9-4-5-10-16(15)22(18)14-7-2-1-3-8-14/h1-3,6-8,11-12H,4-5,9-10,13H2,(H,20,23). The number of hydrogen-bond acceptors (Lipinski definition) is 3. The van der Waals surface area contributed by atoms with Gasteiger partial charge in [-0.2, -0.15) is 0 Å². The molecule has 1 aliphatic carbocycles. The number of aromatic nitrogens is 2. The van der Waals surface area contributed by atoms with E-state index in [-0.39, 0.29) is 5.91 Å². The first-order valence-electron chi connectivity index (χ1n) is 8.29. The quantitative estimate of drug-likeness (QED) is 0.788. The van der Waals surface area contributed by atoms with Gasteiger partial charge in [-0.05, 0) is 49.3 Å². The minimum absolute atomic E-state index is 0.0365. The van der Waals surface area contributed by atoms with Crippen LogP contribution in [-0.2, 0) is 19.4 Å². The molecule has 0 aliphatic heterocycles. The van der Waals surface area contributed by atoms with Crippen LogP contribution in [0.15, 0.2) is 47.8 Å². The van der Waals surface area contributed by atoms with Gasteiger partial charge in [-0.3, -0.25) is 9.36 Å². The molecule has 24 heavy (non-hydrogen) atoms. The Labute approximate surface area is 145 Å². The van der Waals surface area contributed by atoms with E-state index in [1.165, 1.54) is 35.6 Å². The Hall–Kier alpha value is -2.40. The highest BCUT2D eigenvalue weighted by Crippen LogP contribution is 2.25. The van der Waals surface area contributed by atoms with Crippen LogP contribution in [0.3, 0.4) is 0 Å². The third-order valence-corrected chi connectivity index (χ3v) is 5.24. The van der Waals surface area contributed by atoms with Gasteiger partial charge in [-0.15, -0.1) is 11.3 Å². The molecule has 0 bridgehead atoms. The lowest BCUT2D eigenvalue weighted by atomic mass is 10.0. The normalized spacial score (nSPS) is 13.5. The highest BCUT2D eigenvalue weighted by molar-refractivity contribution is 7.12. The van der Waals surface area contributed by atoms with Crippen molar-refractivity contribution >= 4 is 17.2 Å². The van der Waals surface area contributed by atoms with E-state index in [9.17, 15) is 4.79 Å². The Morgan fingerprint density at radius 1 is 1.12 bits per heavy atom. The number of fused-ring (bicyclic) bond motifs is 1. The van der Waals surface area contributed by atoms with E-state index in [0.29, 0.717) is 6.54 Å². The van der Waals surface area contributed by atoms with Crippen molar-refractivity contribution in [2.24, 2.45) is 0 Å². The van der Waals surface area contributed by atoms with Gasteiger partial charge < -0.3 is 5.32 Å². The topological polar surface area (TPSA) is 46.9 Å². The second-order valence-electron chi connectivity index (χ2n) is 5.96. The van der Waals surface area contributed by atoms with Gasteiger partial charge in [0.05, 0.1) is 17.1 Å². The van der Waals surface area contributed by atoms with Gasteiger partial charge in [0.15, 0.2) is 0 Å². The lowest BCUT2D eigenvalue weighted by Gasteiger charge is -2.15. The Balaban J connectivity index is 1.65. The summed E-state index contributed by atoms with van der Waals surface area (Å²) in [6.07, 6.45) is 4.48. The molecule has 5 heteroatoms. The van der Waals surface area contributed by atoms with Crippen molar-refractivity contribution < 1.29 is 4.79 Å². The maximum Gasteiger partial charge on any atom is 0.261 e. The van der Waals surface area contributed by atoms with Gasteiger partial charge in [0, 0.05) is 11.4 Å². The van der Waals surface area contributed by atoms with Crippen LogP contribution in [0, 0.1) is 0 Å². The third-order valence-electron chi connectivity index (χ3n) is 4.37. The Bertz CT molecular complexity index is 837. The van der Waals surface area contributed by atoms with Crippen molar-refractivity contribution in [2.75, 3.05) is 0 Å². The minimum atomic E-state index is -0.0365. The second-order valence-corrected chi connectivity index (χ2v) is 6.91. The average molecular weight is 337 g/mol. The maximum atomic E-state index is 12.2. The van der Waals surface area contributed by atoms with Crippen LogP contribution in [0.1, 0.15) is 39.7 Å². The fourth-order valence-electron chi connectivity index (χ4n) is 3.25. The van der Waals surface area contributed by atoms with Crippen molar-refractivity contribution in [2.45, 2.75) is 32.2 Å². The maximum absolute atomic E-state index is 12.2. The van der Waals surface area contributed by atoms with E-state index in [2.05, 4.69) is 22.0 Å². The number of benzene rings is 1. The number of para-hydroxylation sites is 1. The van der Waals surface area contributed by atoms with Crippen LogP contribution >= 0.6 is 11.3 Å². The van der Waals surface area contributed by atoms with E-state index >= 15 is 0 Å². The molecule has 1 amide bonds. The molecule has 4 rings (SSSR count). The first-order valence-corrected chi connectivity index (χ1v) is 9.17.